The number of nitrogens with one attached hydrogen (secondary N) is 1. The summed E-state index contributed by atoms with van der Waals surface area (Å²) in [7, 11) is 0. The zero-order valence-electron chi connectivity index (χ0n) is 9.98. The van der Waals surface area contributed by atoms with Crippen molar-refractivity contribution in [3.05, 3.63) is 35.9 Å². The van der Waals surface area contributed by atoms with Gasteiger partial charge in [0.05, 0.1) is 5.41 Å². The monoisotopic (exact) mass is 230 g/mol. The molecule has 0 saturated carbocycles. The van der Waals surface area contributed by atoms with Crippen LogP contribution in [0.4, 0.5) is 0 Å². The molecule has 1 unspecified atom stereocenters. The van der Waals surface area contributed by atoms with E-state index in [-0.39, 0.29) is 5.41 Å². The van der Waals surface area contributed by atoms with Gasteiger partial charge in [-0.25, -0.2) is 0 Å². The topological polar surface area (TPSA) is 32.3 Å². The summed E-state index contributed by atoms with van der Waals surface area (Å²) in [6.45, 7) is 3.62. The Balaban J connectivity index is 1.64. The highest BCUT2D eigenvalue weighted by Gasteiger charge is 2.51. The Hall–Kier alpha value is -1.35. The predicted molar refractivity (Wildman–Crippen MR) is 66.4 cm³/mol. The van der Waals surface area contributed by atoms with Gasteiger partial charge < -0.3 is 10.2 Å². The Morgan fingerprint density at radius 1 is 1.29 bits per heavy atom. The zero-order valence-corrected chi connectivity index (χ0v) is 9.98. The van der Waals surface area contributed by atoms with Crippen LogP contribution in [0, 0.1) is 5.41 Å². The van der Waals surface area contributed by atoms with E-state index in [9.17, 15) is 4.79 Å². The third-order valence-corrected chi connectivity index (χ3v) is 3.92. The number of carbonyl (C=O) groups is 1. The van der Waals surface area contributed by atoms with E-state index >= 15 is 0 Å². The Labute approximate surface area is 102 Å². The second-order valence-electron chi connectivity index (χ2n) is 5.21. The fourth-order valence-electron chi connectivity index (χ4n) is 2.97. The predicted octanol–water partition coefficient (Wildman–Crippen LogP) is 1.40. The van der Waals surface area contributed by atoms with Gasteiger partial charge in [-0.3, -0.25) is 4.79 Å². The number of amides is 1. The number of β-lactam (4-membered cyclic amide) rings is 1. The van der Waals surface area contributed by atoms with E-state index in [4.69, 9.17) is 0 Å². The maximum atomic E-state index is 12.2. The van der Waals surface area contributed by atoms with E-state index in [2.05, 4.69) is 17.4 Å². The largest absolute Gasteiger partial charge is 0.337 e. The Kier molecular flexibility index (Phi) is 2.63. The van der Waals surface area contributed by atoms with Gasteiger partial charge in [0.2, 0.25) is 5.91 Å². The zero-order chi connectivity index (χ0) is 11.7. The molecule has 17 heavy (non-hydrogen) atoms. The summed E-state index contributed by atoms with van der Waals surface area (Å²) >= 11 is 0. The number of benzene rings is 1. The van der Waals surface area contributed by atoms with E-state index in [1.807, 2.05) is 23.1 Å². The number of hydrogen-bond acceptors (Lipinski definition) is 2. The molecule has 90 valence electrons. The first kappa shape index (κ1) is 10.8. The lowest BCUT2D eigenvalue weighted by Crippen LogP contribution is -2.66. The van der Waals surface area contributed by atoms with Crippen LogP contribution in [0.3, 0.4) is 0 Å². The first-order valence-electron chi connectivity index (χ1n) is 6.34. The van der Waals surface area contributed by atoms with Crippen LogP contribution < -0.4 is 5.32 Å². The van der Waals surface area contributed by atoms with Crippen molar-refractivity contribution in [1.82, 2.24) is 10.2 Å². The first-order valence-corrected chi connectivity index (χ1v) is 6.34. The van der Waals surface area contributed by atoms with Crippen molar-refractivity contribution in [1.29, 1.82) is 0 Å². The molecule has 0 radical (unpaired) electrons. The molecule has 3 heteroatoms. The van der Waals surface area contributed by atoms with E-state index in [1.54, 1.807) is 0 Å². The summed E-state index contributed by atoms with van der Waals surface area (Å²) < 4.78 is 0. The van der Waals surface area contributed by atoms with Crippen LogP contribution in [0.5, 0.6) is 0 Å². The van der Waals surface area contributed by atoms with E-state index in [0.29, 0.717) is 5.91 Å². The molecular formula is C14H18N2O. The number of rotatable bonds is 2. The maximum absolute atomic E-state index is 12.2. The molecule has 3 nitrogen and oxygen atoms in total. The number of likely N-dealkylation sites (tertiary alicyclic amines) is 1. The van der Waals surface area contributed by atoms with E-state index < -0.39 is 0 Å². The van der Waals surface area contributed by atoms with Crippen LogP contribution in [0.15, 0.2) is 30.3 Å². The van der Waals surface area contributed by atoms with Gasteiger partial charge in [-0.2, -0.15) is 0 Å². The molecule has 1 aromatic carbocycles. The molecule has 1 amide bonds. The van der Waals surface area contributed by atoms with Gasteiger partial charge in [-0.1, -0.05) is 30.3 Å². The highest BCUT2D eigenvalue weighted by molar-refractivity contribution is 5.89. The van der Waals surface area contributed by atoms with Gasteiger partial charge >= 0.3 is 0 Å². The van der Waals surface area contributed by atoms with Crippen LogP contribution in [0.1, 0.15) is 18.4 Å². The molecule has 2 aliphatic heterocycles. The van der Waals surface area contributed by atoms with Crippen LogP contribution in [0.2, 0.25) is 0 Å². The molecular weight excluding hydrogens is 212 g/mol. The summed E-state index contributed by atoms with van der Waals surface area (Å²) in [5, 5.41) is 3.34. The van der Waals surface area contributed by atoms with Gasteiger partial charge in [0.1, 0.15) is 0 Å². The van der Waals surface area contributed by atoms with Crippen molar-refractivity contribution in [3.63, 3.8) is 0 Å². The molecule has 1 aromatic rings. The average molecular weight is 230 g/mol. The second-order valence-corrected chi connectivity index (χ2v) is 5.21. The fourth-order valence-corrected chi connectivity index (χ4v) is 2.97. The summed E-state index contributed by atoms with van der Waals surface area (Å²) in [6.07, 6.45) is 2.19. The third kappa shape index (κ3) is 1.84. The molecule has 2 heterocycles. The number of piperidine rings is 1. The maximum Gasteiger partial charge on any atom is 0.232 e. The fraction of sp³-hybridized carbons (Fsp3) is 0.500. The van der Waals surface area contributed by atoms with Gasteiger partial charge in [-0.05, 0) is 24.9 Å². The minimum Gasteiger partial charge on any atom is -0.337 e. The van der Waals surface area contributed by atoms with Crippen molar-refractivity contribution in [3.8, 4) is 0 Å². The minimum atomic E-state index is -0.0625. The molecule has 0 aliphatic carbocycles. The highest BCUT2D eigenvalue weighted by Crippen LogP contribution is 2.38. The van der Waals surface area contributed by atoms with E-state index in [0.717, 1.165) is 39.0 Å². The van der Waals surface area contributed by atoms with Crippen LogP contribution in [-0.2, 0) is 11.3 Å². The number of carbonyl (C=O) groups excluding carboxylic acids is 1. The third-order valence-electron chi connectivity index (χ3n) is 3.92. The second kappa shape index (κ2) is 4.15. The number of hydrogen-bond donors (Lipinski definition) is 1. The smallest absolute Gasteiger partial charge is 0.232 e. The summed E-state index contributed by atoms with van der Waals surface area (Å²) in [6, 6.07) is 10.2. The van der Waals surface area contributed by atoms with Crippen molar-refractivity contribution in [2.75, 3.05) is 19.6 Å². The summed E-state index contributed by atoms with van der Waals surface area (Å²) in [5.74, 6) is 0.341. The Morgan fingerprint density at radius 3 is 2.76 bits per heavy atom. The van der Waals surface area contributed by atoms with Gasteiger partial charge in [0.15, 0.2) is 0 Å². The molecule has 2 aliphatic rings. The summed E-state index contributed by atoms with van der Waals surface area (Å²) in [4.78, 5) is 14.2. The minimum absolute atomic E-state index is 0.0625. The molecule has 1 spiro atoms. The van der Waals surface area contributed by atoms with Crippen LogP contribution >= 0.6 is 0 Å². The SMILES string of the molecule is O=C1N(Cc2ccccc2)CC12CCCNC2. The molecule has 0 aromatic heterocycles. The van der Waals surface area contributed by atoms with Gasteiger partial charge in [-0.15, -0.1) is 0 Å². The molecule has 2 saturated heterocycles. The Bertz CT molecular complexity index is 409. The van der Waals surface area contributed by atoms with Crippen molar-refractivity contribution in [2.24, 2.45) is 5.41 Å². The lowest BCUT2D eigenvalue weighted by molar-refractivity contribution is -0.163. The summed E-state index contributed by atoms with van der Waals surface area (Å²) in [5.41, 5.74) is 1.16. The highest BCUT2D eigenvalue weighted by atomic mass is 16.2. The molecule has 3 rings (SSSR count). The lowest BCUT2D eigenvalue weighted by Gasteiger charge is -2.51. The molecule has 2 fully saturated rings. The molecule has 1 N–H and O–H groups in total. The average Bonchev–Trinajstić information content (AvgIpc) is 2.40. The van der Waals surface area contributed by atoms with Crippen LogP contribution in [-0.4, -0.2) is 30.4 Å². The standard InChI is InChI=1S/C14H18N2O/c17-13-14(7-4-8-15-10-14)11-16(13)9-12-5-2-1-3-6-12/h1-3,5-6,15H,4,7-11H2. The first-order chi connectivity index (χ1) is 8.30. The van der Waals surface area contributed by atoms with Crippen molar-refractivity contribution in [2.45, 2.75) is 19.4 Å². The Morgan fingerprint density at radius 2 is 2.12 bits per heavy atom. The number of nitrogens with zero attached hydrogens (tertiary/aromatic N) is 1. The van der Waals surface area contributed by atoms with Gasteiger partial charge in [0.25, 0.3) is 0 Å². The van der Waals surface area contributed by atoms with Crippen molar-refractivity contribution >= 4 is 5.91 Å². The van der Waals surface area contributed by atoms with Gasteiger partial charge in [0, 0.05) is 19.6 Å². The van der Waals surface area contributed by atoms with E-state index in [1.165, 1.54) is 5.56 Å². The normalized spacial score (nSPS) is 28.2. The molecule has 1 atom stereocenters. The van der Waals surface area contributed by atoms with Crippen molar-refractivity contribution < 1.29 is 4.79 Å². The lowest BCUT2D eigenvalue weighted by atomic mass is 9.73. The van der Waals surface area contributed by atoms with Crippen LogP contribution in [0.25, 0.3) is 0 Å². The quantitative estimate of drug-likeness (QED) is 0.779. The molecule has 0 bridgehead atoms.